The summed E-state index contributed by atoms with van der Waals surface area (Å²) in [7, 11) is 0. The van der Waals surface area contributed by atoms with Crippen molar-refractivity contribution in [2.75, 3.05) is 5.32 Å². The van der Waals surface area contributed by atoms with Crippen LogP contribution < -0.4 is 10.6 Å². The average molecular weight is 587 g/mol. The normalized spacial score (nSPS) is 11.7. The summed E-state index contributed by atoms with van der Waals surface area (Å²) in [6, 6.07) is 9.11. The second-order valence-corrected chi connectivity index (χ2v) is 10.3. The second-order valence-electron chi connectivity index (χ2n) is 9.89. The van der Waals surface area contributed by atoms with E-state index < -0.39 is 35.9 Å². The molecule has 3 heterocycles. The van der Waals surface area contributed by atoms with Crippen molar-refractivity contribution >= 4 is 29.1 Å². The monoisotopic (exact) mass is 586 g/mol. The number of hydrogen-bond donors (Lipinski definition) is 2. The van der Waals surface area contributed by atoms with Crippen LogP contribution in [-0.4, -0.2) is 52.3 Å². The molecule has 0 aliphatic carbocycles. The van der Waals surface area contributed by atoms with E-state index in [9.17, 15) is 28.0 Å². The molecule has 4 aromatic rings. The van der Waals surface area contributed by atoms with Crippen LogP contribution in [0.25, 0.3) is 5.82 Å². The Labute approximate surface area is 236 Å². The Hall–Kier alpha value is -4.84. The first-order valence-electron chi connectivity index (χ1n) is 11.9. The van der Waals surface area contributed by atoms with Crippen molar-refractivity contribution in [2.24, 2.45) is 0 Å². The molecule has 2 amide bonds. The number of aryl methyl sites for hydroxylation is 1. The highest BCUT2D eigenvalue weighted by Crippen LogP contribution is 2.28. The van der Waals surface area contributed by atoms with Crippen molar-refractivity contribution in [1.82, 2.24) is 40.3 Å². The van der Waals surface area contributed by atoms with Gasteiger partial charge in [-0.1, -0.05) is 11.6 Å². The fourth-order valence-electron chi connectivity index (χ4n) is 3.81. The molecule has 0 unspecified atom stereocenters. The number of aromatic nitrogens is 7. The van der Waals surface area contributed by atoms with E-state index in [4.69, 9.17) is 11.6 Å². The molecule has 4 rings (SSSR count). The molecule has 0 aliphatic heterocycles. The smallest absolute Gasteiger partial charge is 0.347 e. The number of rotatable bonds is 6. The van der Waals surface area contributed by atoms with E-state index in [0.29, 0.717) is 10.2 Å². The number of carbonyl (C=O) groups excluding carboxylic acids is 2. The van der Waals surface area contributed by atoms with Crippen LogP contribution in [0.2, 0.25) is 5.02 Å². The quantitative estimate of drug-likeness (QED) is 0.344. The van der Waals surface area contributed by atoms with E-state index in [2.05, 4.69) is 36.2 Å². The highest BCUT2D eigenvalue weighted by Gasteiger charge is 2.38. The first-order valence-corrected chi connectivity index (χ1v) is 12.3. The van der Waals surface area contributed by atoms with E-state index in [0.717, 1.165) is 4.68 Å². The predicted octanol–water partition coefficient (Wildman–Crippen LogP) is 3.94. The molecule has 0 radical (unpaired) electrons. The van der Waals surface area contributed by atoms with Gasteiger partial charge in [-0.05, 0) is 74.0 Å². The van der Waals surface area contributed by atoms with Gasteiger partial charge in [0, 0.05) is 11.7 Å². The molecule has 212 valence electrons. The number of benzene rings is 1. The van der Waals surface area contributed by atoms with Crippen LogP contribution in [-0.2, 0) is 12.7 Å². The maximum atomic E-state index is 13.7. The number of tetrazole rings is 1. The number of anilines is 1. The van der Waals surface area contributed by atoms with Crippen molar-refractivity contribution in [3.63, 3.8) is 0 Å². The summed E-state index contributed by atoms with van der Waals surface area (Å²) in [5, 5.41) is 28.8. The van der Waals surface area contributed by atoms with Gasteiger partial charge in [0.15, 0.2) is 5.82 Å². The molecule has 41 heavy (non-hydrogen) atoms. The Morgan fingerprint density at radius 1 is 1.15 bits per heavy atom. The predicted molar refractivity (Wildman–Crippen MR) is 139 cm³/mol. The van der Waals surface area contributed by atoms with Crippen LogP contribution in [0, 0.1) is 18.3 Å². The Kier molecular flexibility index (Phi) is 7.80. The minimum Gasteiger partial charge on any atom is -0.347 e. The molecule has 12 nitrogen and oxygen atoms in total. The Morgan fingerprint density at radius 2 is 1.88 bits per heavy atom. The summed E-state index contributed by atoms with van der Waals surface area (Å²) >= 11 is 6.29. The molecule has 16 heteroatoms. The van der Waals surface area contributed by atoms with Gasteiger partial charge in [-0.15, -0.1) is 5.10 Å². The minimum absolute atomic E-state index is 0.0167. The maximum absolute atomic E-state index is 13.7. The number of nitriles is 1. The second kappa shape index (κ2) is 11.0. The number of alkyl halides is 3. The van der Waals surface area contributed by atoms with Crippen molar-refractivity contribution in [3.8, 4) is 11.9 Å². The molecule has 0 saturated carbocycles. The highest BCUT2D eigenvalue weighted by molar-refractivity contribution is 6.32. The summed E-state index contributed by atoms with van der Waals surface area (Å²) < 4.78 is 41.5. The molecular weight excluding hydrogens is 565 g/mol. The summed E-state index contributed by atoms with van der Waals surface area (Å²) in [5.41, 5.74) is -0.0160. The first kappa shape index (κ1) is 29.2. The standard InChI is InChI=1S/C25H22ClF3N10O2/c1-13-8-14(11-30)9-16(21(40)33-24(2,3)4)19(13)32-22(41)18-10-15(12-38-23(25(27,28)29)34-36-37-38)35-39(18)20-17(26)6-5-7-31-20/h5-10H,12H2,1-4H3,(H,32,41)(H,33,40). The lowest BCUT2D eigenvalue weighted by atomic mass is 10.0. The summed E-state index contributed by atoms with van der Waals surface area (Å²) in [6.07, 6.45) is -3.43. The molecule has 2 N–H and O–H groups in total. The molecule has 3 aromatic heterocycles. The van der Waals surface area contributed by atoms with Gasteiger partial charge in [-0.3, -0.25) is 9.59 Å². The van der Waals surface area contributed by atoms with Gasteiger partial charge in [0.25, 0.3) is 17.6 Å². The number of amides is 2. The van der Waals surface area contributed by atoms with Crippen LogP contribution in [0.3, 0.4) is 0 Å². The minimum atomic E-state index is -4.83. The number of nitrogens with one attached hydrogen (secondary N) is 2. The van der Waals surface area contributed by atoms with Gasteiger partial charge < -0.3 is 10.6 Å². The Balaban J connectivity index is 1.79. The zero-order valence-electron chi connectivity index (χ0n) is 22.1. The molecular formula is C25H22ClF3N10O2. The topological polar surface area (TPSA) is 156 Å². The SMILES string of the molecule is Cc1cc(C#N)cc(C(=O)NC(C)(C)C)c1NC(=O)c1cc(Cn2nnnc2C(F)(F)F)nn1-c1ncccc1Cl. The number of nitrogens with zero attached hydrogens (tertiary/aromatic N) is 8. The van der Waals surface area contributed by atoms with Crippen LogP contribution in [0.15, 0.2) is 36.5 Å². The fourth-order valence-corrected chi connectivity index (χ4v) is 4.02. The van der Waals surface area contributed by atoms with Gasteiger partial charge in [0.05, 0.1) is 40.1 Å². The number of hydrogen-bond acceptors (Lipinski definition) is 8. The molecule has 0 spiro atoms. The third kappa shape index (κ3) is 6.49. The Morgan fingerprint density at radius 3 is 2.51 bits per heavy atom. The number of halogens is 4. The lowest BCUT2D eigenvalue weighted by Crippen LogP contribution is -2.41. The summed E-state index contributed by atoms with van der Waals surface area (Å²) in [4.78, 5) is 30.9. The van der Waals surface area contributed by atoms with Gasteiger partial charge in [-0.2, -0.15) is 23.5 Å². The summed E-state index contributed by atoms with van der Waals surface area (Å²) in [5.74, 6) is -2.64. The van der Waals surface area contributed by atoms with E-state index in [1.54, 1.807) is 33.8 Å². The van der Waals surface area contributed by atoms with E-state index in [1.807, 2.05) is 6.07 Å². The van der Waals surface area contributed by atoms with E-state index >= 15 is 0 Å². The molecule has 1 aromatic carbocycles. The lowest BCUT2D eigenvalue weighted by Gasteiger charge is -2.22. The van der Waals surface area contributed by atoms with Crippen LogP contribution in [0.4, 0.5) is 18.9 Å². The van der Waals surface area contributed by atoms with Crippen molar-refractivity contribution < 1.29 is 22.8 Å². The first-order chi connectivity index (χ1) is 19.2. The van der Waals surface area contributed by atoms with E-state index in [1.165, 1.54) is 30.5 Å². The third-order valence-electron chi connectivity index (χ3n) is 5.47. The van der Waals surface area contributed by atoms with Crippen LogP contribution in [0.5, 0.6) is 0 Å². The fraction of sp³-hybridized carbons (Fsp3) is 0.280. The summed E-state index contributed by atoms with van der Waals surface area (Å²) in [6.45, 7) is 6.40. The number of pyridine rings is 1. The molecule has 0 bridgehead atoms. The van der Waals surface area contributed by atoms with Crippen LogP contribution >= 0.6 is 11.6 Å². The zero-order chi connectivity index (χ0) is 30.1. The average Bonchev–Trinajstić information content (AvgIpc) is 3.52. The largest absolute Gasteiger partial charge is 0.453 e. The van der Waals surface area contributed by atoms with Crippen molar-refractivity contribution in [3.05, 3.63) is 75.5 Å². The van der Waals surface area contributed by atoms with Crippen LogP contribution in [0.1, 0.15) is 64.3 Å². The Bertz CT molecular complexity index is 1680. The van der Waals surface area contributed by atoms with Gasteiger partial charge >= 0.3 is 6.18 Å². The molecule has 0 fully saturated rings. The maximum Gasteiger partial charge on any atom is 0.453 e. The molecule has 0 atom stereocenters. The molecule has 0 aliphatic rings. The van der Waals surface area contributed by atoms with Gasteiger partial charge in [0.1, 0.15) is 5.69 Å². The molecule has 0 saturated heterocycles. The third-order valence-corrected chi connectivity index (χ3v) is 5.76. The van der Waals surface area contributed by atoms with Crippen molar-refractivity contribution in [2.45, 2.75) is 46.0 Å². The van der Waals surface area contributed by atoms with E-state index in [-0.39, 0.29) is 39.0 Å². The van der Waals surface area contributed by atoms with Gasteiger partial charge in [-0.25, -0.2) is 14.3 Å². The zero-order valence-corrected chi connectivity index (χ0v) is 22.8. The lowest BCUT2D eigenvalue weighted by molar-refractivity contribution is -0.147. The highest BCUT2D eigenvalue weighted by atomic mass is 35.5. The number of carbonyl (C=O) groups is 2. The van der Waals surface area contributed by atoms with Crippen molar-refractivity contribution in [1.29, 1.82) is 5.26 Å². The van der Waals surface area contributed by atoms with Gasteiger partial charge in [0.2, 0.25) is 0 Å².